The first kappa shape index (κ1) is 15.5. The van der Waals surface area contributed by atoms with Gasteiger partial charge in [-0.1, -0.05) is 12.1 Å². The average Bonchev–Trinajstić information content (AvgIpc) is 3.19. The van der Waals surface area contributed by atoms with Crippen molar-refractivity contribution in [2.75, 3.05) is 25.5 Å². The van der Waals surface area contributed by atoms with Gasteiger partial charge in [0, 0.05) is 27.1 Å². The highest BCUT2D eigenvalue weighted by Crippen LogP contribution is 2.26. The number of nitrogens with zero attached hydrogens (tertiary/aromatic N) is 3. The van der Waals surface area contributed by atoms with Gasteiger partial charge >= 0.3 is 6.03 Å². The fourth-order valence-electron chi connectivity index (χ4n) is 2.57. The molecule has 122 valence electrons. The van der Waals surface area contributed by atoms with Crippen molar-refractivity contribution in [3.05, 3.63) is 30.2 Å². The molecule has 1 aliphatic heterocycles. The molecule has 1 aromatic carbocycles. The Morgan fingerprint density at radius 2 is 2.22 bits per heavy atom. The second kappa shape index (κ2) is 6.78. The van der Waals surface area contributed by atoms with E-state index in [-0.39, 0.29) is 12.1 Å². The van der Waals surface area contributed by atoms with Crippen molar-refractivity contribution in [3.63, 3.8) is 0 Å². The van der Waals surface area contributed by atoms with Crippen LogP contribution < -0.4 is 5.32 Å². The summed E-state index contributed by atoms with van der Waals surface area (Å²) in [4.78, 5) is 14.0. The highest BCUT2D eigenvalue weighted by Gasteiger charge is 2.21. The highest BCUT2D eigenvalue weighted by atomic mass is 16.5. The Hall–Kier alpha value is -2.41. The Bertz CT molecular complexity index is 679. The molecule has 1 aromatic heterocycles. The minimum atomic E-state index is -0.191. The van der Waals surface area contributed by atoms with Gasteiger partial charge in [0.1, 0.15) is 0 Å². The molecule has 2 aromatic rings. The lowest BCUT2D eigenvalue weighted by Crippen LogP contribution is -2.37. The van der Waals surface area contributed by atoms with Gasteiger partial charge < -0.3 is 19.4 Å². The fourth-order valence-corrected chi connectivity index (χ4v) is 2.57. The third kappa shape index (κ3) is 3.68. The van der Waals surface area contributed by atoms with E-state index in [9.17, 15) is 4.79 Å². The Balaban J connectivity index is 1.71. The maximum Gasteiger partial charge on any atom is 0.321 e. The standard InChI is InChI=1S/C16H20N4O3/c1-11-18-19-15(23-11)13-7-3-4-8-14(13)17-16(21)20(2)10-12-6-5-9-22-12/h3-4,7-8,12H,5-6,9-10H2,1-2H3,(H,17,21)/t12-/m1/s1. The summed E-state index contributed by atoms with van der Waals surface area (Å²) in [5.74, 6) is 0.872. The average molecular weight is 316 g/mol. The number of benzene rings is 1. The molecule has 1 atom stereocenters. The third-order valence-corrected chi connectivity index (χ3v) is 3.77. The molecular formula is C16H20N4O3. The van der Waals surface area contributed by atoms with Crippen molar-refractivity contribution >= 4 is 11.7 Å². The summed E-state index contributed by atoms with van der Waals surface area (Å²) in [5.41, 5.74) is 1.34. The van der Waals surface area contributed by atoms with E-state index in [0.29, 0.717) is 29.6 Å². The van der Waals surface area contributed by atoms with Gasteiger partial charge in [-0.2, -0.15) is 0 Å². The fraction of sp³-hybridized carbons (Fsp3) is 0.438. The molecule has 0 saturated carbocycles. The molecule has 1 fully saturated rings. The van der Waals surface area contributed by atoms with Crippen molar-refractivity contribution in [1.82, 2.24) is 15.1 Å². The molecular weight excluding hydrogens is 296 g/mol. The number of carbonyl (C=O) groups is 1. The summed E-state index contributed by atoms with van der Waals surface area (Å²) in [6, 6.07) is 7.17. The van der Waals surface area contributed by atoms with Crippen molar-refractivity contribution in [2.45, 2.75) is 25.9 Å². The topological polar surface area (TPSA) is 80.5 Å². The number of aryl methyl sites for hydroxylation is 1. The Morgan fingerprint density at radius 3 is 2.91 bits per heavy atom. The number of amides is 2. The SMILES string of the molecule is Cc1nnc(-c2ccccc2NC(=O)N(C)C[C@H]2CCCO2)o1. The van der Waals surface area contributed by atoms with E-state index in [1.165, 1.54) is 0 Å². The van der Waals surface area contributed by atoms with Crippen molar-refractivity contribution in [1.29, 1.82) is 0 Å². The van der Waals surface area contributed by atoms with E-state index < -0.39 is 0 Å². The molecule has 7 heteroatoms. The second-order valence-corrected chi connectivity index (χ2v) is 5.62. The number of hydrogen-bond acceptors (Lipinski definition) is 5. The molecule has 0 spiro atoms. The molecule has 2 amide bonds. The number of urea groups is 1. The maximum absolute atomic E-state index is 12.4. The van der Waals surface area contributed by atoms with Gasteiger partial charge in [0.15, 0.2) is 0 Å². The first-order valence-corrected chi connectivity index (χ1v) is 7.66. The lowest BCUT2D eigenvalue weighted by molar-refractivity contribution is 0.0894. The monoisotopic (exact) mass is 316 g/mol. The molecule has 3 rings (SSSR count). The molecule has 23 heavy (non-hydrogen) atoms. The van der Waals surface area contributed by atoms with Crippen LogP contribution in [0.25, 0.3) is 11.5 Å². The van der Waals surface area contributed by atoms with Crippen LogP contribution in [0.5, 0.6) is 0 Å². The Morgan fingerprint density at radius 1 is 1.39 bits per heavy atom. The maximum atomic E-state index is 12.4. The number of nitrogens with one attached hydrogen (secondary N) is 1. The quantitative estimate of drug-likeness (QED) is 0.938. The number of anilines is 1. The number of carbonyl (C=O) groups excluding carboxylic acids is 1. The number of ether oxygens (including phenoxy) is 1. The van der Waals surface area contributed by atoms with E-state index in [0.717, 1.165) is 19.4 Å². The molecule has 7 nitrogen and oxygen atoms in total. The summed E-state index contributed by atoms with van der Waals surface area (Å²) < 4.78 is 11.0. The number of likely N-dealkylation sites (N-methyl/N-ethyl adjacent to an activating group) is 1. The van der Waals surface area contributed by atoms with E-state index in [1.807, 2.05) is 24.3 Å². The van der Waals surface area contributed by atoms with E-state index in [4.69, 9.17) is 9.15 Å². The lowest BCUT2D eigenvalue weighted by Gasteiger charge is -2.21. The van der Waals surface area contributed by atoms with Gasteiger partial charge in [0.2, 0.25) is 11.8 Å². The first-order chi connectivity index (χ1) is 11.1. The summed E-state index contributed by atoms with van der Waals surface area (Å²) in [6.07, 6.45) is 2.18. The van der Waals surface area contributed by atoms with Crippen LogP contribution in [0.15, 0.2) is 28.7 Å². The molecule has 0 radical (unpaired) electrons. The lowest BCUT2D eigenvalue weighted by atomic mass is 10.2. The van der Waals surface area contributed by atoms with E-state index >= 15 is 0 Å². The van der Waals surface area contributed by atoms with Gasteiger partial charge in [0.25, 0.3) is 0 Å². The van der Waals surface area contributed by atoms with Crippen LogP contribution in [0, 0.1) is 6.92 Å². The zero-order chi connectivity index (χ0) is 16.2. The van der Waals surface area contributed by atoms with Crippen molar-refractivity contribution in [3.8, 4) is 11.5 Å². The summed E-state index contributed by atoms with van der Waals surface area (Å²) in [5, 5.41) is 10.7. The third-order valence-electron chi connectivity index (χ3n) is 3.77. The smallest absolute Gasteiger partial charge is 0.321 e. The minimum Gasteiger partial charge on any atom is -0.421 e. The Kier molecular flexibility index (Phi) is 4.57. The zero-order valence-corrected chi connectivity index (χ0v) is 13.3. The Labute approximate surface area is 134 Å². The van der Waals surface area contributed by atoms with Crippen LogP contribution >= 0.6 is 0 Å². The first-order valence-electron chi connectivity index (χ1n) is 7.66. The van der Waals surface area contributed by atoms with Crippen LogP contribution in [0.4, 0.5) is 10.5 Å². The van der Waals surface area contributed by atoms with Crippen LogP contribution in [0.1, 0.15) is 18.7 Å². The highest BCUT2D eigenvalue weighted by molar-refractivity contribution is 5.93. The predicted octanol–water partition coefficient (Wildman–Crippen LogP) is 2.69. The van der Waals surface area contributed by atoms with Crippen molar-refractivity contribution < 1.29 is 13.9 Å². The summed E-state index contributed by atoms with van der Waals surface area (Å²) >= 11 is 0. The number of rotatable bonds is 4. The number of hydrogen-bond donors (Lipinski definition) is 1. The van der Waals surface area contributed by atoms with Gasteiger partial charge in [-0.15, -0.1) is 10.2 Å². The van der Waals surface area contributed by atoms with Gasteiger partial charge in [-0.05, 0) is 25.0 Å². The predicted molar refractivity (Wildman–Crippen MR) is 85.1 cm³/mol. The van der Waals surface area contributed by atoms with Gasteiger partial charge in [0.05, 0.1) is 17.4 Å². The molecule has 0 unspecified atom stereocenters. The van der Waals surface area contributed by atoms with Crippen molar-refractivity contribution in [2.24, 2.45) is 0 Å². The van der Waals surface area contributed by atoms with Crippen LogP contribution in [0.2, 0.25) is 0 Å². The number of para-hydroxylation sites is 1. The molecule has 1 aliphatic rings. The van der Waals surface area contributed by atoms with Crippen LogP contribution in [-0.4, -0.2) is 47.4 Å². The van der Waals surface area contributed by atoms with Gasteiger partial charge in [-0.3, -0.25) is 0 Å². The number of aromatic nitrogens is 2. The second-order valence-electron chi connectivity index (χ2n) is 5.62. The molecule has 1 N–H and O–H groups in total. The van der Waals surface area contributed by atoms with Gasteiger partial charge in [-0.25, -0.2) is 4.79 Å². The molecule has 2 heterocycles. The molecule has 1 saturated heterocycles. The summed E-state index contributed by atoms with van der Waals surface area (Å²) in [7, 11) is 1.76. The van der Waals surface area contributed by atoms with Crippen LogP contribution in [0.3, 0.4) is 0 Å². The normalized spacial score (nSPS) is 17.2. The van der Waals surface area contributed by atoms with Crippen LogP contribution in [-0.2, 0) is 4.74 Å². The minimum absolute atomic E-state index is 0.125. The van der Waals surface area contributed by atoms with E-state index in [2.05, 4.69) is 15.5 Å². The molecule has 0 bridgehead atoms. The van der Waals surface area contributed by atoms with E-state index in [1.54, 1.807) is 18.9 Å². The largest absolute Gasteiger partial charge is 0.421 e. The molecule has 0 aliphatic carbocycles. The zero-order valence-electron chi connectivity index (χ0n) is 13.3. The summed E-state index contributed by atoms with van der Waals surface area (Å²) in [6.45, 7) is 3.08.